The van der Waals surface area contributed by atoms with Gasteiger partial charge in [0.2, 0.25) is 5.91 Å². The second-order valence-electron chi connectivity index (χ2n) is 4.94. The van der Waals surface area contributed by atoms with E-state index in [1.54, 1.807) is 18.3 Å². The molecule has 0 radical (unpaired) electrons. The molecule has 1 aromatic carbocycles. The number of nitrogens with two attached hydrogens (primary N) is 1. The number of hydrogen-bond acceptors (Lipinski definition) is 4. The van der Waals surface area contributed by atoms with E-state index < -0.39 is 24.0 Å². The SMILES string of the molecule is C[C@H](N)C(=O)N[C@@H](Cc1c[nH]c2ccc(O)cc12)C(=O)O. The summed E-state index contributed by atoms with van der Waals surface area (Å²) in [6, 6.07) is 2.93. The number of rotatable bonds is 5. The summed E-state index contributed by atoms with van der Waals surface area (Å²) in [7, 11) is 0. The number of nitrogens with one attached hydrogen (secondary N) is 2. The van der Waals surface area contributed by atoms with Gasteiger partial charge in [0, 0.05) is 23.5 Å². The van der Waals surface area contributed by atoms with E-state index in [9.17, 15) is 19.8 Å². The summed E-state index contributed by atoms with van der Waals surface area (Å²) in [5.74, 6) is -1.57. The van der Waals surface area contributed by atoms with Crippen LogP contribution in [0, 0.1) is 0 Å². The molecule has 0 spiro atoms. The molecular formula is C14H17N3O4. The maximum atomic E-state index is 11.6. The number of phenolic OH excluding ortho intramolecular Hbond substituents is 1. The van der Waals surface area contributed by atoms with E-state index >= 15 is 0 Å². The fourth-order valence-corrected chi connectivity index (χ4v) is 2.06. The molecule has 1 aromatic heterocycles. The smallest absolute Gasteiger partial charge is 0.326 e. The van der Waals surface area contributed by atoms with Crippen molar-refractivity contribution >= 4 is 22.8 Å². The molecule has 112 valence electrons. The number of benzene rings is 1. The summed E-state index contributed by atoms with van der Waals surface area (Å²) in [5.41, 5.74) is 6.90. The van der Waals surface area contributed by atoms with Crippen molar-refractivity contribution in [3.8, 4) is 5.75 Å². The first kappa shape index (κ1) is 14.9. The van der Waals surface area contributed by atoms with Crippen LogP contribution in [0.1, 0.15) is 12.5 Å². The van der Waals surface area contributed by atoms with Crippen molar-refractivity contribution in [1.29, 1.82) is 0 Å². The number of aromatic nitrogens is 1. The average Bonchev–Trinajstić information content (AvgIpc) is 2.80. The van der Waals surface area contributed by atoms with Crippen molar-refractivity contribution in [2.24, 2.45) is 5.73 Å². The molecule has 0 bridgehead atoms. The van der Waals surface area contributed by atoms with Gasteiger partial charge < -0.3 is 26.2 Å². The van der Waals surface area contributed by atoms with Crippen LogP contribution < -0.4 is 11.1 Å². The topological polar surface area (TPSA) is 128 Å². The van der Waals surface area contributed by atoms with Gasteiger partial charge in [0.15, 0.2) is 0 Å². The van der Waals surface area contributed by atoms with Crippen LogP contribution in [0.4, 0.5) is 0 Å². The van der Waals surface area contributed by atoms with Gasteiger partial charge in [-0.15, -0.1) is 0 Å². The van der Waals surface area contributed by atoms with Crippen molar-refractivity contribution < 1.29 is 19.8 Å². The molecule has 7 nitrogen and oxygen atoms in total. The summed E-state index contributed by atoms with van der Waals surface area (Å²) >= 11 is 0. The Labute approximate surface area is 120 Å². The Hall–Kier alpha value is -2.54. The first-order valence-electron chi connectivity index (χ1n) is 6.46. The second kappa shape index (κ2) is 5.84. The van der Waals surface area contributed by atoms with Gasteiger partial charge in [-0.2, -0.15) is 0 Å². The number of H-pyrrole nitrogens is 1. The van der Waals surface area contributed by atoms with Gasteiger partial charge in [-0.05, 0) is 30.7 Å². The number of carboxylic acids is 1. The lowest BCUT2D eigenvalue weighted by atomic mass is 10.0. The minimum absolute atomic E-state index is 0.0924. The highest BCUT2D eigenvalue weighted by atomic mass is 16.4. The molecule has 0 fully saturated rings. The lowest BCUT2D eigenvalue weighted by Crippen LogP contribution is -2.48. The fourth-order valence-electron chi connectivity index (χ4n) is 2.06. The molecule has 1 heterocycles. The van der Waals surface area contributed by atoms with Crippen LogP contribution in [0.2, 0.25) is 0 Å². The van der Waals surface area contributed by atoms with E-state index in [4.69, 9.17) is 5.73 Å². The summed E-state index contributed by atoms with van der Waals surface area (Å²) in [5, 5.41) is 21.8. The Kier molecular flexibility index (Phi) is 4.13. The highest BCUT2D eigenvalue weighted by molar-refractivity contribution is 5.88. The normalized spacial score (nSPS) is 13.8. The van der Waals surface area contributed by atoms with Crippen molar-refractivity contribution in [2.75, 3.05) is 0 Å². The molecule has 1 amide bonds. The van der Waals surface area contributed by atoms with Crippen LogP contribution in [0.5, 0.6) is 5.75 Å². The van der Waals surface area contributed by atoms with Crippen molar-refractivity contribution in [3.05, 3.63) is 30.0 Å². The zero-order chi connectivity index (χ0) is 15.6. The standard InChI is InChI=1S/C14H17N3O4/c1-7(15)13(19)17-12(14(20)21)4-8-6-16-11-3-2-9(18)5-10(8)11/h2-3,5-7,12,16,18H,4,15H2,1H3,(H,17,19)(H,20,21)/t7-,12-/m0/s1. The van der Waals surface area contributed by atoms with E-state index in [0.29, 0.717) is 5.56 Å². The third-order valence-electron chi connectivity index (χ3n) is 3.20. The Balaban J connectivity index is 2.25. The van der Waals surface area contributed by atoms with Gasteiger partial charge in [-0.1, -0.05) is 0 Å². The monoisotopic (exact) mass is 291 g/mol. The molecule has 21 heavy (non-hydrogen) atoms. The van der Waals surface area contributed by atoms with E-state index in [1.807, 2.05) is 0 Å². The largest absolute Gasteiger partial charge is 0.508 e. The Morgan fingerprint density at radius 2 is 2.14 bits per heavy atom. The summed E-state index contributed by atoms with van der Waals surface area (Å²) in [6.07, 6.45) is 1.76. The number of amides is 1. The number of carbonyl (C=O) groups excluding carboxylic acids is 1. The van der Waals surface area contributed by atoms with Gasteiger partial charge in [-0.25, -0.2) is 4.79 Å². The Bertz CT molecular complexity index is 678. The minimum Gasteiger partial charge on any atom is -0.508 e. The van der Waals surface area contributed by atoms with Crippen molar-refractivity contribution in [3.63, 3.8) is 0 Å². The maximum Gasteiger partial charge on any atom is 0.326 e. The minimum atomic E-state index is -1.14. The average molecular weight is 291 g/mol. The van der Waals surface area contributed by atoms with Crippen molar-refractivity contribution in [1.82, 2.24) is 10.3 Å². The van der Waals surface area contributed by atoms with E-state index in [0.717, 1.165) is 10.9 Å². The zero-order valence-corrected chi connectivity index (χ0v) is 11.5. The number of hydrogen-bond donors (Lipinski definition) is 5. The zero-order valence-electron chi connectivity index (χ0n) is 11.5. The molecule has 0 aliphatic heterocycles. The predicted molar refractivity (Wildman–Crippen MR) is 76.9 cm³/mol. The first-order chi connectivity index (χ1) is 9.88. The van der Waals surface area contributed by atoms with Crippen LogP contribution in [0.3, 0.4) is 0 Å². The lowest BCUT2D eigenvalue weighted by Gasteiger charge is -2.15. The molecule has 0 aliphatic rings. The molecule has 2 atom stereocenters. The molecule has 0 saturated heterocycles. The summed E-state index contributed by atoms with van der Waals surface area (Å²) in [4.78, 5) is 25.8. The fraction of sp³-hybridized carbons (Fsp3) is 0.286. The molecule has 7 heteroatoms. The predicted octanol–water partition coefficient (Wildman–Crippen LogP) is 0.333. The summed E-state index contributed by atoms with van der Waals surface area (Å²) in [6.45, 7) is 1.48. The second-order valence-corrected chi connectivity index (χ2v) is 4.94. The molecule has 0 saturated carbocycles. The molecule has 6 N–H and O–H groups in total. The number of carbonyl (C=O) groups is 2. The van der Waals surface area contributed by atoms with Gasteiger partial charge in [-0.3, -0.25) is 4.79 Å². The lowest BCUT2D eigenvalue weighted by molar-refractivity contribution is -0.141. The number of phenols is 1. The molecular weight excluding hydrogens is 274 g/mol. The van der Waals surface area contributed by atoms with Gasteiger partial charge in [0.05, 0.1) is 6.04 Å². The quantitative estimate of drug-likeness (QED) is 0.542. The van der Waals surface area contributed by atoms with Crippen LogP contribution >= 0.6 is 0 Å². The number of aliphatic carboxylic acids is 1. The number of aromatic amines is 1. The number of carboxylic acid groups (broad SMARTS) is 1. The van der Waals surface area contributed by atoms with Crippen LogP contribution in [0.15, 0.2) is 24.4 Å². The Morgan fingerprint density at radius 3 is 2.76 bits per heavy atom. The van der Waals surface area contributed by atoms with Crippen molar-refractivity contribution in [2.45, 2.75) is 25.4 Å². The first-order valence-corrected chi connectivity index (χ1v) is 6.46. The highest BCUT2D eigenvalue weighted by Gasteiger charge is 2.23. The van der Waals surface area contributed by atoms with Crippen LogP contribution in [0.25, 0.3) is 10.9 Å². The molecule has 2 rings (SSSR count). The molecule has 0 aliphatic carbocycles. The number of aromatic hydroxyl groups is 1. The third kappa shape index (κ3) is 3.32. The number of fused-ring (bicyclic) bond motifs is 1. The van der Waals surface area contributed by atoms with Crippen LogP contribution in [-0.4, -0.2) is 39.2 Å². The van der Waals surface area contributed by atoms with E-state index in [-0.39, 0.29) is 12.2 Å². The van der Waals surface area contributed by atoms with Gasteiger partial charge in [0.25, 0.3) is 0 Å². The Morgan fingerprint density at radius 1 is 1.43 bits per heavy atom. The maximum absolute atomic E-state index is 11.6. The summed E-state index contributed by atoms with van der Waals surface area (Å²) < 4.78 is 0. The van der Waals surface area contributed by atoms with Crippen LogP contribution in [-0.2, 0) is 16.0 Å². The van der Waals surface area contributed by atoms with E-state index in [1.165, 1.54) is 13.0 Å². The van der Waals surface area contributed by atoms with Gasteiger partial charge in [0.1, 0.15) is 11.8 Å². The van der Waals surface area contributed by atoms with Gasteiger partial charge >= 0.3 is 5.97 Å². The van der Waals surface area contributed by atoms with E-state index in [2.05, 4.69) is 10.3 Å². The highest BCUT2D eigenvalue weighted by Crippen LogP contribution is 2.23. The third-order valence-corrected chi connectivity index (χ3v) is 3.20. The molecule has 0 unspecified atom stereocenters. The molecule has 2 aromatic rings.